The Bertz CT molecular complexity index is 507. The predicted octanol–water partition coefficient (Wildman–Crippen LogP) is 2.64. The number of pyridine rings is 1. The third kappa shape index (κ3) is 3.27. The zero-order valence-corrected chi connectivity index (χ0v) is 11.2. The Morgan fingerprint density at radius 1 is 1.39 bits per heavy atom. The van der Waals surface area contributed by atoms with Gasteiger partial charge in [-0.25, -0.2) is 0 Å². The van der Waals surface area contributed by atoms with Crippen LogP contribution < -0.4 is 5.56 Å². The van der Waals surface area contributed by atoms with Crippen LogP contribution in [0.1, 0.15) is 25.7 Å². The molecule has 1 aromatic heterocycles. The highest BCUT2D eigenvalue weighted by Gasteiger charge is 2.19. The summed E-state index contributed by atoms with van der Waals surface area (Å²) in [7, 11) is 0. The maximum absolute atomic E-state index is 11.7. The lowest BCUT2D eigenvalue weighted by atomic mass is 10.3. The lowest BCUT2D eigenvalue weighted by molar-refractivity contribution is -0.149. The van der Waals surface area contributed by atoms with Crippen LogP contribution in [0.4, 0.5) is 0 Å². The molecule has 0 saturated heterocycles. The van der Waals surface area contributed by atoms with Gasteiger partial charge in [-0.1, -0.05) is 23.2 Å². The molecule has 6 heteroatoms. The molecule has 0 N–H and O–H groups in total. The van der Waals surface area contributed by atoms with Gasteiger partial charge in [0.1, 0.15) is 17.7 Å². The molecule has 98 valence electrons. The van der Waals surface area contributed by atoms with E-state index in [1.165, 1.54) is 16.8 Å². The zero-order chi connectivity index (χ0) is 13.1. The summed E-state index contributed by atoms with van der Waals surface area (Å²) in [4.78, 5) is 23.3. The van der Waals surface area contributed by atoms with Crippen molar-refractivity contribution in [2.24, 2.45) is 0 Å². The summed E-state index contributed by atoms with van der Waals surface area (Å²) in [5.41, 5.74) is -0.440. The van der Waals surface area contributed by atoms with Crippen molar-refractivity contribution < 1.29 is 9.53 Å². The molecule has 0 radical (unpaired) electrons. The minimum Gasteiger partial charge on any atom is -0.461 e. The van der Waals surface area contributed by atoms with E-state index in [1.54, 1.807) is 0 Å². The molecule has 18 heavy (non-hydrogen) atoms. The van der Waals surface area contributed by atoms with E-state index < -0.39 is 11.5 Å². The van der Waals surface area contributed by atoms with Crippen LogP contribution in [0.15, 0.2) is 17.1 Å². The molecule has 0 atom stereocenters. The second-order valence-corrected chi connectivity index (χ2v) is 5.18. The van der Waals surface area contributed by atoms with Crippen molar-refractivity contribution >= 4 is 29.2 Å². The van der Waals surface area contributed by atoms with Gasteiger partial charge in [0.15, 0.2) is 0 Å². The van der Waals surface area contributed by atoms with Crippen LogP contribution in [0.2, 0.25) is 10.0 Å². The van der Waals surface area contributed by atoms with Crippen molar-refractivity contribution in [3.05, 3.63) is 32.7 Å². The van der Waals surface area contributed by atoms with E-state index in [4.69, 9.17) is 27.9 Å². The molecular formula is C12H13Cl2NO3. The molecule has 0 bridgehead atoms. The van der Waals surface area contributed by atoms with Crippen molar-refractivity contribution in [2.75, 3.05) is 0 Å². The van der Waals surface area contributed by atoms with Crippen LogP contribution >= 0.6 is 23.2 Å². The number of hydrogen-bond donors (Lipinski definition) is 0. The summed E-state index contributed by atoms with van der Waals surface area (Å²) in [6, 6.07) is 1.35. The monoisotopic (exact) mass is 289 g/mol. The Balaban J connectivity index is 2.04. The molecule has 0 amide bonds. The lowest BCUT2D eigenvalue weighted by Gasteiger charge is -2.12. The van der Waals surface area contributed by atoms with Crippen molar-refractivity contribution in [1.82, 2.24) is 4.57 Å². The highest BCUT2D eigenvalue weighted by atomic mass is 35.5. The summed E-state index contributed by atoms with van der Waals surface area (Å²) in [5.74, 6) is -0.428. The van der Waals surface area contributed by atoms with Crippen LogP contribution in [-0.4, -0.2) is 16.6 Å². The molecular weight excluding hydrogens is 277 g/mol. The first kappa shape index (κ1) is 13.4. The zero-order valence-electron chi connectivity index (χ0n) is 9.70. The second kappa shape index (κ2) is 5.76. The number of halogens is 2. The number of ether oxygens (including phenoxy) is 1. The van der Waals surface area contributed by atoms with Crippen molar-refractivity contribution in [2.45, 2.75) is 38.3 Å². The minimum absolute atomic E-state index is 0.00355. The van der Waals surface area contributed by atoms with E-state index in [-0.39, 0.29) is 17.7 Å². The number of hydrogen-bond acceptors (Lipinski definition) is 3. The third-order valence-electron chi connectivity index (χ3n) is 2.91. The molecule has 1 heterocycles. The molecule has 1 aliphatic carbocycles. The average molecular weight is 290 g/mol. The van der Waals surface area contributed by atoms with Gasteiger partial charge in [0.2, 0.25) is 0 Å². The van der Waals surface area contributed by atoms with Crippen molar-refractivity contribution in [1.29, 1.82) is 0 Å². The lowest BCUT2D eigenvalue weighted by Crippen LogP contribution is -2.27. The highest BCUT2D eigenvalue weighted by molar-refractivity contribution is 6.34. The van der Waals surface area contributed by atoms with Gasteiger partial charge in [-0.3, -0.25) is 9.59 Å². The predicted molar refractivity (Wildman–Crippen MR) is 69.1 cm³/mol. The Morgan fingerprint density at radius 2 is 2.06 bits per heavy atom. The number of aromatic nitrogens is 1. The smallest absolute Gasteiger partial charge is 0.326 e. The molecule has 1 aromatic rings. The van der Waals surface area contributed by atoms with E-state index in [9.17, 15) is 9.59 Å². The van der Waals surface area contributed by atoms with E-state index in [0.717, 1.165) is 25.7 Å². The van der Waals surface area contributed by atoms with E-state index in [1.807, 2.05) is 0 Å². The maximum Gasteiger partial charge on any atom is 0.326 e. The number of rotatable bonds is 3. The van der Waals surface area contributed by atoms with Gasteiger partial charge >= 0.3 is 5.97 Å². The molecule has 4 nitrogen and oxygen atoms in total. The minimum atomic E-state index is -0.440. The van der Waals surface area contributed by atoms with E-state index >= 15 is 0 Å². The molecule has 1 saturated carbocycles. The summed E-state index contributed by atoms with van der Waals surface area (Å²) in [6.07, 6.45) is 5.34. The number of esters is 1. The molecule has 0 unspecified atom stereocenters. The van der Waals surface area contributed by atoms with Crippen molar-refractivity contribution in [3.63, 3.8) is 0 Å². The second-order valence-electron chi connectivity index (χ2n) is 4.34. The molecule has 1 aliphatic rings. The topological polar surface area (TPSA) is 48.3 Å². The highest BCUT2D eigenvalue weighted by Crippen LogP contribution is 2.21. The first-order chi connectivity index (χ1) is 8.56. The fourth-order valence-electron chi connectivity index (χ4n) is 2.05. The van der Waals surface area contributed by atoms with Gasteiger partial charge in [0.25, 0.3) is 5.56 Å². The third-order valence-corrected chi connectivity index (χ3v) is 3.39. The summed E-state index contributed by atoms with van der Waals surface area (Å²) >= 11 is 11.5. The Hall–Kier alpha value is -1.00. The summed E-state index contributed by atoms with van der Waals surface area (Å²) in [6.45, 7) is -0.157. The number of carbonyl (C=O) groups excluding carboxylic acids is 1. The maximum atomic E-state index is 11.7. The Morgan fingerprint density at radius 3 is 2.72 bits per heavy atom. The van der Waals surface area contributed by atoms with Gasteiger partial charge in [-0.05, 0) is 31.7 Å². The van der Waals surface area contributed by atoms with E-state index in [0.29, 0.717) is 5.02 Å². The standard InChI is InChI=1S/C12H13Cl2NO3/c13-8-5-10(14)12(17)15(6-8)7-11(16)18-9-3-1-2-4-9/h5-6,9H,1-4,7H2. The van der Waals surface area contributed by atoms with Crippen LogP contribution in [0, 0.1) is 0 Å². The SMILES string of the molecule is O=C(Cn1cc(Cl)cc(Cl)c1=O)OC1CCCC1. The molecule has 0 spiro atoms. The molecule has 0 aromatic carbocycles. The van der Waals surface area contributed by atoms with Crippen molar-refractivity contribution in [3.8, 4) is 0 Å². The molecule has 2 rings (SSSR count). The summed E-state index contributed by atoms with van der Waals surface area (Å²) < 4.78 is 6.43. The quantitative estimate of drug-likeness (QED) is 0.804. The largest absolute Gasteiger partial charge is 0.461 e. The van der Waals surface area contributed by atoms with Gasteiger partial charge in [-0.15, -0.1) is 0 Å². The van der Waals surface area contributed by atoms with Crippen LogP contribution in [-0.2, 0) is 16.1 Å². The summed E-state index contributed by atoms with van der Waals surface area (Å²) in [5, 5.41) is 0.310. The first-order valence-corrected chi connectivity index (χ1v) is 6.57. The molecule has 0 aliphatic heterocycles. The molecule has 1 fully saturated rings. The van der Waals surface area contributed by atoms with Crippen LogP contribution in [0.5, 0.6) is 0 Å². The van der Waals surface area contributed by atoms with Gasteiger partial charge in [-0.2, -0.15) is 0 Å². The van der Waals surface area contributed by atoms with Crippen LogP contribution in [0.3, 0.4) is 0 Å². The Kier molecular flexibility index (Phi) is 4.30. The Labute approximate surface area is 114 Å². The fourth-order valence-corrected chi connectivity index (χ4v) is 2.56. The van der Waals surface area contributed by atoms with Crippen LogP contribution in [0.25, 0.3) is 0 Å². The van der Waals surface area contributed by atoms with Gasteiger partial charge < -0.3 is 9.30 Å². The fraction of sp³-hybridized carbons (Fsp3) is 0.500. The van der Waals surface area contributed by atoms with Gasteiger partial charge in [0.05, 0.1) is 5.02 Å². The average Bonchev–Trinajstić information content (AvgIpc) is 2.77. The van der Waals surface area contributed by atoms with Gasteiger partial charge in [0, 0.05) is 6.20 Å². The van der Waals surface area contributed by atoms with E-state index in [2.05, 4.69) is 0 Å². The first-order valence-electron chi connectivity index (χ1n) is 5.81. The normalized spacial score (nSPS) is 15.9. The number of nitrogens with zero attached hydrogens (tertiary/aromatic N) is 1. The number of carbonyl (C=O) groups is 1.